The Kier molecular flexibility index (Phi) is 6.11. The van der Waals surface area contributed by atoms with E-state index in [1.807, 2.05) is 54.7 Å². The summed E-state index contributed by atoms with van der Waals surface area (Å²) in [7, 11) is 1.69. The van der Waals surface area contributed by atoms with E-state index < -0.39 is 0 Å². The van der Waals surface area contributed by atoms with Crippen LogP contribution in [0.3, 0.4) is 0 Å². The second kappa shape index (κ2) is 9.70. The number of pyridine rings is 3. The molecule has 0 radical (unpaired) electrons. The maximum atomic E-state index is 6.83. The number of hydrogen-bond acceptors (Lipinski definition) is 6. The monoisotopic (exact) mass is 478 g/mol. The van der Waals surface area contributed by atoms with Crippen LogP contribution in [0.2, 0.25) is 0 Å². The summed E-state index contributed by atoms with van der Waals surface area (Å²) in [4.78, 5) is 16.5. The van der Waals surface area contributed by atoms with Crippen LogP contribution in [0.5, 0.6) is 11.6 Å². The van der Waals surface area contributed by atoms with Gasteiger partial charge in [-0.2, -0.15) is 0 Å². The van der Waals surface area contributed by atoms with Crippen molar-refractivity contribution in [2.75, 3.05) is 20.2 Å². The fraction of sp³-hybridized carbons (Fsp3) is 0.300. The maximum absolute atomic E-state index is 6.83. The molecule has 182 valence electrons. The normalized spacial score (nSPS) is 23.8. The molecular formula is C30H30N4O2. The summed E-state index contributed by atoms with van der Waals surface area (Å²) >= 11 is 0. The third-order valence-electron chi connectivity index (χ3n) is 7.69. The summed E-state index contributed by atoms with van der Waals surface area (Å²) in [6, 6.07) is 20.1. The lowest BCUT2D eigenvalue weighted by molar-refractivity contribution is -0.0368. The molecule has 0 N–H and O–H groups in total. The minimum Gasteiger partial charge on any atom is -0.497 e. The lowest BCUT2D eigenvalue weighted by Crippen LogP contribution is -2.55. The average molecular weight is 479 g/mol. The van der Waals surface area contributed by atoms with E-state index in [-0.39, 0.29) is 12.1 Å². The Labute approximate surface area is 211 Å². The van der Waals surface area contributed by atoms with Crippen molar-refractivity contribution in [3.63, 3.8) is 0 Å². The van der Waals surface area contributed by atoms with Gasteiger partial charge in [-0.1, -0.05) is 18.2 Å². The minimum atomic E-state index is -0.206. The first-order chi connectivity index (χ1) is 17.7. The van der Waals surface area contributed by atoms with Gasteiger partial charge in [0.1, 0.15) is 11.9 Å². The van der Waals surface area contributed by atoms with Crippen LogP contribution in [-0.4, -0.2) is 46.1 Å². The van der Waals surface area contributed by atoms with E-state index in [0.717, 1.165) is 53.1 Å². The van der Waals surface area contributed by atoms with Gasteiger partial charge in [-0.3, -0.25) is 14.9 Å². The number of fused-ring (bicyclic) bond motifs is 4. The predicted molar refractivity (Wildman–Crippen MR) is 141 cm³/mol. The highest BCUT2D eigenvalue weighted by Crippen LogP contribution is 2.43. The van der Waals surface area contributed by atoms with Crippen molar-refractivity contribution in [1.82, 2.24) is 19.9 Å². The van der Waals surface area contributed by atoms with Gasteiger partial charge in [0.25, 0.3) is 0 Å². The average Bonchev–Trinajstić information content (AvgIpc) is 2.96. The second-order valence-electron chi connectivity index (χ2n) is 9.64. The molecule has 6 heteroatoms. The van der Waals surface area contributed by atoms with Crippen molar-refractivity contribution in [3.8, 4) is 23.0 Å². The Bertz CT molecular complexity index is 1380. The molecule has 1 aromatic carbocycles. The largest absolute Gasteiger partial charge is 0.497 e. The smallest absolute Gasteiger partial charge is 0.214 e. The Morgan fingerprint density at radius 2 is 1.94 bits per heavy atom. The first-order valence-electron chi connectivity index (χ1n) is 12.6. The quantitative estimate of drug-likeness (QED) is 0.317. The molecule has 0 spiro atoms. The summed E-state index contributed by atoms with van der Waals surface area (Å²) in [5, 5.41) is 1.05. The first-order valence-corrected chi connectivity index (χ1v) is 12.6. The predicted octanol–water partition coefficient (Wildman–Crippen LogP) is 5.72. The van der Waals surface area contributed by atoms with Crippen molar-refractivity contribution in [3.05, 3.63) is 91.3 Å². The van der Waals surface area contributed by atoms with Gasteiger partial charge >= 0.3 is 0 Å². The number of hydrogen-bond donors (Lipinski definition) is 0. The standard InChI is InChI=1S/C30H30N4O2/c1-3-20-19-34-16-13-21(20)17-28(34)30(23-12-15-32-25-11-10-22(35-2)18-24(23)25)36-29-9-6-8-27(33-29)26-7-4-5-14-31-26/h3-12,14-15,18,20-21,28,30H,1,13,16-17,19H2,2H3/t20-,21-,28+,30+/m0/s1. The van der Waals surface area contributed by atoms with E-state index in [1.54, 1.807) is 13.3 Å². The Morgan fingerprint density at radius 3 is 2.72 bits per heavy atom. The zero-order valence-corrected chi connectivity index (χ0v) is 20.5. The summed E-state index contributed by atoms with van der Waals surface area (Å²) in [5.74, 6) is 2.57. The number of piperidine rings is 3. The van der Waals surface area contributed by atoms with E-state index in [4.69, 9.17) is 14.5 Å². The fourth-order valence-electron chi connectivity index (χ4n) is 5.83. The van der Waals surface area contributed by atoms with Gasteiger partial charge < -0.3 is 9.47 Å². The summed E-state index contributed by atoms with van der Waals surface area (Å²) < 4.78 is 12.4. The van der Waals surface area contributed by atoms with Gasteiger partial charge in [0.15, 0.2) is 0 Å². The summed E-state index contributed by atoms with van der Waals surface area (Å²) in [6.45, 7) is 6.20. The molecule has 4 aromatic rings. The molecule has 6 nitrogen and oxygen atoms in total. The van der Waals surface area contributed by atoms with Crippen LogP contribution in [0.15, 0.2) is 85.7 Å². The van der Waals surface area contributed by atoms with Gasteiger partial charge in [-0.15, -0.1) is 6.58 Å². The molecule has 3 aromatic heterocycles. The molecule has 3 aliphatic rings. The molecule has 2 bridgehead atoms. The SMILES string of the molecule is C=C[C@H]1CN2CC[C@H]1C[C@@H]2[C@H](Oc1cccc(-c2ccccn2)n1)c1ccnc2ccc(OC)cc12. The lowest BCUT2D eigenvalue weighted by atomic mass is 9.73. The highest BCUT2D eigenvalue weighted by atomic mass is 16.5. The number of methoxy groups -OCH3 is 1. The third kappa shape index (κ3) is 4.22. The molecule has 7 rings (SSSR count). The molecule has 3 aliphatic heterocycles. The fourth-order valence-corrected chi connectivity index (χ4v) is 5.83. The second-order valence-corrected chi connectivity index (χ2v) is 9.64. The molecule has 0 saturated carbocycles. The van der Waals surface area contributed by atoms with Gasteiger partial charge in [0.2, 0.25) is 5.88 Å². The molecule has 6 heterocycles. The number of rotatable bonds is 7. The van der Waals surface area contributed by atoms with Crippen molar-refractivity contribution in [2.24, 2.45) is 11.8 Å². The zero-order valence-electron chi connectivity index (χ0n) is 20.5. The number of ether oxygens (including phenoxy) is 2. The van der Waals surface area contributed by atoms with Crippen LogP contribution < -0.4 is 9.47 Å². The molecule has 0 amide bonds. The van der Waals surface area contributed by atoms with Crippen LogP contribution in [0, 0.1) is 11.8 Å². The number of benzene rings is 1. The Hall–Kier alpha value is -3.77. The van der Waals surface area contributed by atoms with Crippen LogP contribution in [-0.2, 0) is 0 Å². The van der Waals surface area contributed by atoms with Crippen LogP contribution >= 0.6 is 0 Å². The number of nitrogens with zero attached hydrogens (tertiary/aromatic N) is 4. The molecule has 3 saturated heterocycles. The van der Waals surface area contributed by atoms with E-state index in [9.17, 15) is 0 Å². The van der Waals surface area contributed by atoms with Crippen molar-refractivity contribution in [1.29, 1.82) is 0 Å². The van der Waals surface area contributed by atoms with Crippen molar-refractivity contribution in [2.45, 2.75) is 25.0 Å². The lowest BCUT2D eigenvalue weighted by Gasteiger charge is -2.51. The van der Waals surface area contributed by atoms with Gasteiger partial charge in [-0.25, -0.2) is 4.98 Å². The molecule has 36 heavy (non-hydrogen) atoms. The molecule has 0 aliphatic carbocycles. The summed E-state index contributed by atoms with van der Waals surface area (Å²) in [5.41, 5.74) is 3.66. The van der Waals surface area contributed by atoms with Crippen LogP contribution in [0.4, 0.5) is 0 Å². The zero-order chi connectivity index (χ0) is 24.5. The van der Waals surface area contributed by atoms with Crippen LogP contribution in [0.25, 0.3) is 22.3 Å². The van der Waals surface area contributed by atoms with Gasteiger partial charge in [0.05, 0.1) is 30.1 Å². The van der Waals surface area contributed by atoms with E-state index >= 15 is 0 Å². The van der Waals surface area contributed by atoms with Gasteiger partial charge in [0, 0.05) is 36.0 Å². The highest BCUT2D eigenvalue weighted by molar-refractivity contribution is 5.84. The Morgan fingerprint density at radius 1 is 1.03 bits per heavy atom. The number of aromatic nitrogens is 3. The van der Waals surface area contributed by atoms with Crippen LogP contribution in [0.1, 0.15) is 24.5 Å². The molecule has 3 fully saturated rings. The molecular weight excluding hydrogens is 448 g/mol. The summed E-state index contributed by atoms with van der Waals surface area (Å²) in [6.07, 6.45) is 7.86. The minimum absolute atomic E-state index is 0.206. The third-order valence-corrected chi connectivity index (χ3v) is 7.69. The highest BCUT2D eigenvalue weighted by Gasteiger charge is 2.44. The van der Waals surface area contributed by atoms with Gasteiger partial charge in [-0.05, 0) is 73.7 Å². The van der Waals surface area contributed by atoms with E-state index in [2.05, 4.69) is 39.7 Å². The molecule has 1 unspecified atom stereocenters. The van der Waals surface area contributed by atoms with Crippen molar-refractivity contribution < 1.29 is 9.47 Å². The molecule has 5 atom stereocenters. The topological polar surface area (TPSA) is 60.4 Å². The van der Waals surface area contributed by atoms with E-state index in [1.165, 1.54) is 6.42 Å². The Balaban J connectivity index is 1.43. The van der Waals surface area contributed by atoms with Crippen molar-refractivity contribution >= 4 is 10.9 Å². The first kappa shape index (κ1) is 22.7. The van der Waals surface area contributed by atoms with E-state index in [0.29, 0.717) is 17.7 Å². The maximum Gasteiger partial charge on any atom is 0.214 e.